The van der Waals surface area contributed by atoms with Gasteiger partial charge in [-0.25, -0.2) is 4.98 Å². The smallest absolute Gasteiger partial charge is 0.272 e. The summed E-state index contributed by atoms with van der Waals surface area (Å²) in [7, 11) is 1.58. The summed E-state index contributed by atoms with van der Waals surface area (Å²) in [6, 6.07) is 32.9. The number of carbonyl (C=O) groups excluding carboxylic acids is 3. The number of carbonyl (C=O) groups is 3. The van der Waals surface area contributed by atoms with Crippen molar-refractivity contribution >= 4 is 57.7 Å². The highest BCUT2D eigenvalue weighted by molar-refractivity contribution is 8.00. The standard InChI is InChI=1S/C36H32N4O4S2/c1-23-32(26-11-6-4-7-12-26)39-36(46-23)40-33(41)24(2)45-30-16-10-15-28(22-30)37-35(43)31(21-25-17-19-29(44-3)20-18-25)38-34(42)27-13-8-5-9-14-27/h4-22,24H,1-3H3,(H,37,43)(H,38,42)(H,39,40,41)/b31-21+. The van der Waals surface area contributed by atoms with Crippen molar-refractivity contribution in [2.45, 2.75) is 24.0 Å². The number of aryl methyl sites for hydroxylation is 1. The Morgan fingerprint density at radius 2 is 1.57 bits per heavy atom. The third kappa shape index (κ3) is 8.50. The maximum atomic E-state index is 13.5. The van der Waals surface area contributed by atoms with Crippen molar-refractivity contribution in [1.82, 2.24) is 10.3 Å². The van der Waals surface area contributed by atoms with Gasteiger partial charge in [0.2, 0.25) is 5.91 Å². The summed E-state index contributed by atoms with van der Waals surface area (Å²) in [5.74, 6) is -0.416. The molecule has 0 spiro atoms. The number of hydrogen-bond donors (Lipinski definition) is 3. The number of thiazole rings is 1. The summed E-state index contributed by atoms with van der Waals surface area (Å²) in [5, 5.41) is 8.67. The lowest BCUT2D eigenvalue weighted by Gasteiger charge is -2.14. The number of hydrogen-bond acceptors (Lipinski definition) is 7. The van der Waals surface area contributed by atoms with Crippen molar-refractivity contribution in [3.63, 3.8) is 0 Å². The van der Waals surface area contributed by atoms with Gasteiger partial charge in [0.15, 0.2) is 5.13 Å². The number of anilines is 2. The Hall–Kier alpha value is -5.19. The Labute approximate surface area is 275 Å². The van der Waals surface area contributed by atoms with Crippen molar-refractivity contribution < 1.29 is 19.1 Å². The predicted octanol–water partition coefficient (Wildman–Crippen LogP) is 7.66. The molecule has 4 aromatic carbocycles. The van der Waals surface area contributed by atoms with Gasteiger partial charge < -0.3 is 20.7 Å². The molecule has 8 nitrogen and oxygen atoms in total. The highest BCUT2D eigenvalue weighted by Crippen LogP contribution is 2.32. The van der Waals surface area contributed by atoms with Gasteiger partial charge in [-0.15, -0.1) is 23.1 Å². The Kier molecular flexibility index (Phi) is 10.6. The Balaban J connectivity index is 1.27. The first-order chi connectivity index (χ1) is 22.3. The van der Waals surface area contributed by atoms with Gasteiger partial charge in [0.05, 0.1) is 18.1 Å². The predicted molar refractivity (Wildman–Crippen MR) is 186 cm³/mol. The number of nitrogens with zero attached hydrogens (tertiary/aromatic N) is 1. The number of methoxy groups -OCH3 is 1. The molecule has 3 N–H and O–H groups in total. The van der Waals surface area contributed by atoms with Crippen molar-refractivity contribution in [2.75, 3.05) is 17.7 Å². The minimum absolute atomic E-state index is 0.0680. The van der Waals surface area contributed by atoms with Crippen LogP contribution in [-0.4, -0.2) is 35.1 Å². The van der Waals surface area contributed by atoms with Crippen LogP contribution >= 0.6 is 23.1 Å². The van der Waals surface area contributed by atoms with Crippen LogP contribution < -0.4 is 20.7 Å². The van der Waals surface area contributed by atoms with Gasteiger partial charge in [0.25, 0.3) is 11.8 Å². The second kappa shape index (κ2) is 15.2. The van der Waals surface area contributed by atoms with Gasteiger partial charge >= 0.3 is 0 Å². The maximum absolute atomic E-state index is 13.5. The van der Waals surface area contributed by atoms with Gasteiger partial charge in [-0.05, 0) is 68.0 Å². The van der Waals surface area contributed by atoms with Gasteiger partial charge in [-0.2, -0.15) is 0 Å². The average molecular weight is 649 g/mol. The van der Waals surface area contributed by atoms with E-state index in [1.807, 2.05) is 56.3 Å². The van der Waals surface area contributed by atoms with Crippen LogP contribution in [-0.2, 0) is 9.59 Å². The Bertz CT molecular complexity index is 1860. The van der Waals surface area contributed by atoms with E-state index in [9.17, 15) is 14.4 Å². The topological polar surface area (TPSA) is 109 Å². The van der Waals surface area contributed by atoms with Crippen LogP contribution in [0.4, 0.5) is 10.8 Å². The lowest BCUT2D eigenvalue weighted by atomic mass is 10.1. The molecule has 232 valence electrons. The van der Waals surface area contributed by atoms with Crippen molar-refractivity contribution in [3.05, 3.63) is 131 Å². The Morgan fingerprint density at radius 1 is 0.870 bits per heavy atom. The van der Waals surface area contributed by atoms with Gasteiger partial charge in [-0.3, -0.25) is 14.4 Å². The summed E-state index contributed by atoms with van der Waals surface area (Å²) >= 11 is 2.80. The van der Waals surface area contributed by atoms with Gasteiger partial charge in [0, 0.05) is 26.6 Å². The molecule has 0 bridgehead atoms. The summed E-state index contributed by atoms with van der Waals surface area (Å²) in [4.78, 5) is 46.0. The Morgan fingerprint density at radius 3 is 2.26 bits per heavy atom. The number of thioether (sulfide) groups is 1. The van der Waals surface area contributed by atoms with Crippen LogP contribution in [0, 0.1) is 6.92 Å². The number of rotatable bonds is 11. The molecule has 0 aliphatic heterocycles. The average Bonchev–Trinajstić information content (AvgIpc) is 3.45. The monoisotopic (exact) mass is 648 g/mol. The number of ether oxygens (including phenoxy) is 1. The number of nitrogens with one attached hydrogen (secondary N) is 3. The molecule has 0 fully saturated rings. The van der Waals surface area contributed by atoms with Crippen LogP contribution in [0.3, 0.4) is 0 Å². The zero-order chi connectivity index (χ0) is 32.5. The molecule has 5 aromatic rings. The molecule has 0 aliphatic rings. The minimum atomic E-state index is -0.499. The van der Waals surface area contributed by atoms with E-state index in [1.165, 1.54) is 23.1 Å². The second-order valence-electron chi connectivity index (χ2n) is 10.2. The molecule has 1 unspecified atom stereocenters. The number of aromatic nitrogens is 1. The first-order valence-electron chi connectivity index (χ1n) is 14.4. The minimum Gasteiger partial charge on any atom is -0.497 e. The first kappa shape index (κ1) is 32.2. The highest BCUT2D eigenvalue weighted by atomic mass is 32.2. The first-order valence-corrected chi connectivity index (χ1v) is 16.1. The van der Waals surface area contributed by atoms with E-state index in [2.05, 4.69) is 20.9 Å². The molecule has 5 rings (SSSR count). The van der Waals surface area contributed by atoms with Gasteiger partial charge in [-0.1, -0.05) is 66.7 Å². The molecule has 3 amide bonds. The van der Waals surface area contributed by atoms with E-state index in [4.69, 9.17) is 4.74 Å². The molecule has 1 heterocycles. The summed E-state index contributed by atoms with van der Waals surface area (Å²) in [6.07, 6.45) is 1.60. The van der Waals surface area contributed by atoms with Crippen LogP contribution in [0.25, 0.3) is 17.3 Å². The van der Waals surface area contributed by atoms with E-state index >= 15 is 0 Å². The molecule has 0 radical (unpaired) electrons. The second-order valence-corrected chi connectivity index (χ2v) is 12.8. The van der Waals surface area contributed by atoms with Crippen molar-refractivity contribution in [2.24, 2.45) is 0 Å². The fraction of sp³-hybridized carbons (Fsp3) is 0.111. The van der Waals surface area contributed by atoms with Crippen molar-refractivity contribution in [1.29, 1.82) is 0 Å². The zero-order valence-corrected chi connectivity index (χ0v) is 27.1. The lowest BCUT2D eigenvalue weighted by Crippen LogP contribution is -2.30. The quantitative estimate of drug-likeness (QED) is 0.100. The van der Waals surface area contributed by atoms with Gasteiger partial charge in [0.1, 0.15) is 11.4 Å². The molecule has 0 aliphatic carbocycles. The zero-order valence-electron chi connectivity index (χ0n) is 25.4. The lowest BCUT2D eigenvalue weighted by molar-refractivity contribution is -0.115. The fourth-order valence-electron chi connectivity index (χ4n) is 4.43. The normalized spacial score (nSPS) is 11.8. The molecule has 0 saturated carbocycles. The third-order valence-corrected chi connectivity index (χ3v) is 8.78. The molecule has 46 heavy (non-hydrogen) atoms. The van der Waals surface area contributed by atoms with E-state index < -0.39 is 17.1 Å². The van der Waals surface area contributed by atoms with Crippen LogP contribution in [0.1, 0.15) is 27.7 Å². The third-order valence-electron chi connectivity index (χ3n) is 6.80. The van der Waals surface area contributed by atoms with E-state index in [-0.39, 0.29) is 11.6 Å². The molecule has 1 aromatic heterocycles. The molecular formula is C36H32N4O4S2. The highest BCUT2D eigenvalue weighted by Gasteiger charge is 2.19. The van der Waals surface area contributed by atoms with Crippen LogP contribution in [0.15, 0.2) is 120 Å². The molecule has 10 heteroatoms. The summed E-state index contributed by atoms with van der Waals surface area (Å²) in [6.45, 7) is 3.80. The van der Waals surface area contributed by atoms with Crippen LogP contribution in [0.2, 0.25) is 0 Å². The molecule has 0 saturated heterocycles. The van der Waals surface area contributed by atoms with E-state index in [1.54, 1.807) is 79.9 Å². The molecular weight excluding hydrogens is 617 g/mol. The summed E-state index contributed by atoms with van der Waals surface area (Å²) in [5.41, 5.74) is 3.56. The van der Waals surface area contributed by atoms with E-state index in [0.29, 0.717) is 27.7 Å². The fourth-order valence-corrected chi connectivity index (χ4v) is 6.20. The molecule has 1 atom stereocenters. The van der Waals surface area contributed by atoms with Crippen LogP contribution in [0.5, 0.6) is 5.75 Å². The number of benzene rings is 4. The van der Waals surface area contributed by atoms with Crippen molar-refractivity contribution in [3.8, 4) is 17.0 Å². The van der Waals surface area contributed by atoms with E-state index in [0.717, 1.165) is 21.0 Å². The summed E-state index contributed by atoms with van der Waals surface area (Å²) < 4.78 is 5.23. The maximum Gasteiger partial charge on any atom is 0.272 e. The largest absolute Gasteiger partial charge is 0.497 e. The number of amides is 3. The SMILES string of the molecule is COc1ccc(/C=C(/NC(=O)c2ccccc2)C(=O)Nc2cccc(SC(C)C(=O)Nc3nc(-c4ccccc4)c(C)s3)c2)cc1.